The van der Waals surface area contributed by atoms with E-state index in [0.717, 1.165) is 4.88 Å². The number of thiazole rings is 1. The highest BCUT2D eigenvalue weighted by atomic mass is 32.1. The standard InChI is InChI=1S/C16H21N7O2S/c1-11-10-19-15(26-11)21-13(24)12(2)20-16(25)23-8-6-22(7-9-23)14-17-4-3-5-18-14/h3-5,10,12H,6-9H2,1-2H3,(H,20,25)(H,19,21,24). The van der Waals surface area contributed by atoms with Crippen LogP contribution in [0.15, 0.2) is 24.7 Å². The Labute approximate surface area is 155 Å². The molecule has 1 atom stereocenters. The molecule has 1 aliphatic heterocycles. The van der Waals surface area contributed by atoms with Gasteiger partial charge in [0.15, 0.2) is 5.13 Å². The summed E-state index contributed by atoms with van der Waals surface area (Å²) in [6.45, 7) is 5.96. The molecule has 10 heteroatoms. The maximum absolute atomic E-state index is 12.4. The number of amides is 3. The van der Waals surface area contributed by atoms with E-state index in [1.165, 1.54) is 11.3 Å². The molecule has 0 spiro atoms. The summed E-state index contributed by atoms with van der Waals surface area (Å²) in [7, 11) is 0. The molecule has 1 unspecified atom stereocenters. The highest BCUT2D eigenvalue weighted by Crippen LogP contribution is 2.16. The van der Waals surface area contributed by atoms with Gasteiger partial charge in [0, 0.05) is 49.6 Å². The third-order valence-electron chi connectivity index (χ3n) is 3.99. The van der Waals surface area contributed by atoms with Gasteiger partial charge < -0.3 is 20.4 Å². The smallest absolute Gasteiger partial charge is 0.318 e. The number of aromatic nitrogens is 3. The first-order valence-electron chi connectivity index (χ1n) is 8.33. The number of carbonyl (C=O) groups is 2. The van der Waals surface area contributed by atoms with E-state index in [2.05, 4.69) is 25.6 Å². The van der Waals surface area contributed by atoms with Crippen LogP contribution in [-0.2, 0) is 4.79 Å². The normalized spacial score (nSPS) is 15.5. The fraction of sp³-hybridized carbons (Fsp3) is 0.438. The van der Waals surface area contributed by atoms with Gasteiger partial charge in [-0.2, -0.15) is 0 Å². The fourth-order valence-corrected chi connectivity index (χ4v) is 3.20. The first kappa shape index (κ1) is 18.1. The number of aryl methyl sites for hydroxylation is 1. The van der Waals surface area contributed by atoms with Gasteiger partial charge in [0.2, 0.25) is 11.9 Å². The molecule has 138 valence electrons. The van der Waals surface area contributed by atoms with Crippen LogP contribution >= 0.6 is 11.3 Å². The summed E-state index contributed by atoms with van der Waals surface area (Å²) in [5, 5.41) is 5.98. The number of rotatable bonds is 4. The number of carbonyl (C=O) groups excluding carboxylic acids is 2. The summed E-state index contributed by atoms with van der Waals surface area (Å²) < 4.78 is 0. The van der Waals surface area contributed by atoms with Crippen LogP contribution in [0.3, 0.4) is 0 Å². The van der Waals surface area contributed by atoms with Gasteiger partial charge in [-0.3, -0.25) is 4.79 Å². The lowest BCUT2D eigenvalue weighted by Crippen LogP contribution is -2.55. The predicted molar refractivity (Wildman–Crippen MR) is 99.3 cm³/mol. The average molecular weight is 375 g/mol. The topological polar surface area (TPSA) is 103 Å². The van der Waals surface area contributed by atoms with Crippen molar-refractivity contribution in [2.75, 3.05) is 36.4 Å². The zero-order valence-electron chi connectivity index (χ0n) is 14.7. The fourth-order valence-electron chi connectivity index (χ4n) is 2.53. The highest BCUT2D eigenvalue weighted by molar-refractivity contribution is 7.15. The largest absolute Gasteiger partial charge is 0.337 e. The van der Waals surface area contributed by atoms with Crippen LogP contribution < -0.4 is 15.5 Å². The summed E-state index contributed by atoms with van der Waals surface area (Å²) in [6.07, 6.45) is 5.09. The Bertz CT molecular complexity index is 759. The summed E-state index contributed by atoms with van der Waals surface area (Å²) in [6, 6.07) is 0.867. The monoisotopic (exact) mass is 375 g/mol. The molecule has 0 radical (unpaired) electrons. The van der Waals surface area contributed by atoms with Crippen molar-refractivity contribution >= 4 is 34.4 Å². The van der Waals surface area contributed by atoms with Crippen molar-refractivity contribution in [1.29, 1.82) is 0 Å². The molecule has 3 amide bonds. The molecule has 0 aromatic carbocycles. The van der Waals surface area contributed by atoms with Crippen LogP contribution in [0.1, 0.15) is 11.8 Å². The molecule has 26 heavy (non-hydrogen) atoms. The summed E-state index contributed by atoms with van der Waals surface area (Å²) in [4.78, 5) is 41.8. The molecule has 9 nitrogen and oxygen atoms in total. The minimum Gasteiger partial charge on any atom is -0.337 e. The van der Waals surface area contributed by atoms with E-state index in [4.69, 9.17) is 0 Å². The molecule has 1 saturated heterocycles. The Hall–Kier alpha value is -2.75. The van der Waals surface area contributed by atoms with Gasteiger partial charge in [-0.15, -0.1) is 11.3 Å². The summed E-state index contributed by atoms with van der Waals surface area (Å²) in [5.41, 5.74) is 0. The lowest BCUT2D eigenvalue weighted by molar-refractivity contribution is -0.117. The quantitative estimate of drug-likeness (QED) is 0.829. The zero-order valence-corrected chi connectivity index (χ0v) is 15.5. The maximum Gasteiger partial charge on any atom is 0.318 e. The van der Waals surface area contributed by atoms with Crippen molar-refractivity contribution in [3.8, 4) is 0 Å². The van der Waals surface area contributed by atoms with E-state index >= 15 is 0 Å². The van der Waals surface area contributed by atoms with Gasteiger partial charge in [-0.1, -0.05) is 0 Å². The van der Waals surface area contributed by atoms with Crippen LogP contribution in [0.2, 0.25) is 0 Å². The van der Waals surface area contributed by atoms with Gasteiger partial charge >= 0.3 is 6.03 Å². The molecule has 2 aromatic rings. The van der Waals surface area contributed by atoms with E-state index in [-0.39, 0.29) is 11.9 Å². The van der Waals surface area contributed by atoms with Gasteiger partial charge in [0.05, 0.1) is 0 Å². The Balaban J connectivity index is 1.47. The number of urea groups is 1. The molecule has 3 rings (SSSR count). The lowest BCUT2D eigenvalue weighted by atomic mass is 10.3. The van der Waals surface area contributed by atoms with Gasteiger partial charge in [-0.25, -0.2) is 19.7 Å². The van der Waals surface area contributed by atoms with Crippen molar-refractivity contribution in [3.63, 3.8) is 0 Å². The predicted octanol–water partition coefficient (Wildman–Crippen LogP) is 1.10. The minimum atomic E-state index is -0.651. The highest BCUT2D eigenvalue weighted by Gasteiger charge is 2.25. The second kappa shape index (κ2) is 8.09. The van der Waals surface area contributed by atoms with Crippen LogP contribution in [0.4, 0.5) is 15.9 Å². The van der Waals surface area contributed by atoms with Crippen LogP contribution in [0.5, 0.6) is 0 Å². The molecular weight excluding hydrogens is 354 g/mol. The Kier molecular flexibility index (Phi) is 5.61. The molecule has 1 fully saturated rings. The van der Waals surface area contributed by atoms with Crippen LogP contribution in [0, 0.1) is 6.92 Å². The second-order valence-corrected chi connectivity index (χ2v) is 7.19. The number of nitrogens with zero attached hydrogens (tertiary/aromatic N) is 5. The molecule has 2 aromatic heterocycles. The molecule has 2 N–H and O–H groups in total. The van der Waals surface area contributed by atoms with Crippen molar-refractivity contribution in [1.82, 2.24) is 25.2 Å². The molecular formula is C16H21N7O2S. The Morgan fingerprint density at radius 3 is 2.46 bits per heavy atom. The van der Waals surface area contributed by atoms with E-state index in [0.29, 0.717) is 37.3 Å². The van der Waals surface area contributed by atoms with Crippen molar-refractivity contribution in [2.24, 2.45) is 0 Å². The van der Waals surface area contributed by atoms with Crippen LogP contribution in [0.25, 0.3) is 0 Å². The van der Waals surface area contributed by atoms with E-state index < -0.39 is 6.04 Å². The molecule has 0 saturated carbocycles. The Morgan fingerprint density at radius 1 is 1.15 bits per heavy atom. The molecule has 1 aliphatic rings. The minimum absolute atomic E-state index is 0.253. The number of piperazine rings is 1. The summed E-state index contributed by atoms with van der Waals surface area (Å²) in [5.74, 6) is 0.378. The van der Waals surface area contributed by atoms with Crippen molar-refractivity contribution < 1.29 is 9.59 Å². The van der Waals surface area contributed by atoms with Gasteiger partial charge in [-0.05, 0) is 19.9 Å². The van der Waals surface area contributed by atoms with Crippen molar-refractivity contribution in [3.05, 3.63) is 29.5 Å². The van der Waals surface area contributed by atoms with Gasteiger partial charge in [0.1, 0.15) is 6.04 Å². The Morgan fingerprint density at radius 2 is 1.85 bits per heavy atom. The first-order valence-corrected chi connectivity index (χ1v) is 9.15. The maximum atomic E-state index is 12.4. The number of nitrogens with one attached hydrogen (secondary N) is 2. The number of hydrogen-bond donors (Lipinski definition) is 2. The van der Waals surface area contributed by atoms with Gasteiger partial charge in [0.25, 0.3) is 0 Å². The van der Waals surface area contributed by atoms with E-state index in [9.17, 15) is 9.59 Å². The number of anilines is 2. The van der Waals surface area contributed by atoms with Crippen LogP contribution in [-0.4, -0.2) is 64.0 Å². The SMILES string of the molecule is Cc1cnc(NC(=O)C(C)NC(=O)N2CCN(c3ncccn3)CC2)s1. The van der Waals surface area contributed by atoms with E-state index in [1.54, 1.807) is 36.5 Å². The first-order chi connectivity index (χ1) is 12.5. The average Bonchev–Trinajstić information content (AvgIpc) is 3.07. The van der Waals surface area contributed by atoms with E-state index in [1.807, 2.05) is 11.8 Å². The molecule has 0 bridgehead atoms. The number of hydrogen-bond acceptors (Lipinski definition) is 7. The summed E-state index contributed by atoms with van der Waals surface area (Å²) >= 11 is 1.40. The molecule has 0 aliphatic carbocycles. The van der Waals surface area contributed by atoms with Crippen molar-refractivity contribution in [2.45, 2.75) is 19.9 Å². The second-order valence-electron chi connectivity index (χ2n) is 5.96. The third kappa shape index (κ3) is 4.45. The molecule has 3 heterocycles. The zero-order chi connectivity index (χ0) is 18.5. The third-order valence-corrected chi connectivity index (χ3v) is 4.81. The lowest BCUT2D eigenvalue weighted by Gasteiger charge is -2.35.